The molecule has 1 aliphatic heterocycles. The van der Waals surface area contributed by atoms with E-state index >= 15 is 0 Å². The summed E-state index contributed by atoms with van der Waals surface area (Å²) in [5, 5.41) is 1.06. The topological polar surface area (TPSA) is 54.9 Å². The third-order valence-electron chi connectivity index (χ3n) is 4.82. The van der Waals surface area contributed by atoms with Crippen molar-refractivity contribution in [1.29, 1.82) is 0 Å². The normalized spacial score (nSPS) is 17.0. The van der Waals surface area contributed by atoms with E-state index in [0.29, 0.717) is 25.7 Å². The lowest BCUT2D eigenvalue weighted by atomic mass is 10.1. The van der Waals surface area contributed by atoms with Crippen LogP contribution in [0.2, 0.25) is 0 Å². The average Bonchev–Trinajstić information content (AvgIpc) is 2.68. The molecule has 1 saturated heterocycles. The van der Waals surface area contributed by atoms with Crippen molar-refractivity contribution in [3.05, 3.63) is 36.5 Å². The van der Waals surface area contributed by atoms with Gasteiger partial charge in [0.25, 0.3) is 0 Å². The first kappa shape index (κ1) is 19.6. The van der Waals surface area contributed by atoms with Crippen LogP contribution in [0.5, 0.6) is 5.75 Å². The summed E-state index contributed by atoms with van der Waals surface area (Å²) >= 11 is 0. The highest BCUT2D eigenvalue weighted by Gasteiger charge is 2.20. The van der Waals surface area contributed by atoms with E-state index in [1.54, 1.807) is 6.20 Å². The minimum atomic E-state index is -0.128. The number of nitrogens with zero attached hydrogens (tertiary/aromatic N) is 3. The van der Waals surface area contributed by atoms with Crippen molar-refractivity contribution in [2.75, 3.05) is 52.5 Å². The van der Waals surface area contributed by atoms with Gasteiger partial charge in [-0.25, -0.2) is 0 Å². The zero-order valence-corrected chi connectivity index (χ0v) is 16.3. The summed E-state index contributed by atoms with van der Waals surface area (Å²) in [5.74, 6) is 1.19. The predicted octanol–water partition coefficient (Wildman–Crippen LogP) is 2.43. The summed E-state index contributed by atoms with van der Waals surface area (Å²) < 4.78 is 11.1. The molecular formula is C21H29N3O3. The SMILES string of the molecule is CCOC(=O)CN1CCN(CC(C)COc2cccc3ncccc23)CC1. The van der Waals surface area contributed by atoms with Crippen LogP contribution in [0.1, 0.15) is 13.8 Å². The van der Waals surface area contributed by atoms with Crippen molar-refractivity contribution in [3.8, 4) is 5.75 Å². The maximum Gasteiger partial charge on any atom is 0.320 e. The Morgan fingerprint density at radius 1 is 1.15 bits per heavy atom. The maximum absolute atomic E-state index is 11.6. The molecule has 2 heterocycles. The van der Waals surface area contributed by atoms with Crippen molar-refractivity contribution in [2.24, 2.45) is 5.92 Å². The summed E-state index contributed by atoms with van der Waals surface area (Å²) in [6.07, 6.45) is 1.80. The van der Waals surface area contributed by atoms with E-state index in [9.17, 15) is 4.79 Å². The first-order chi connectivity index (χ1) is 13.2. The van der Waals surface area contributed by atoms with E-state index in [4.69, 9.17) is 9.47 Å². The number of fused-ring (bicyclic) bond motifs is 1. The van der Waals surface area contributed by atoms with Crippen LogP contribution in [0.15, 0.2) is 36.5 Å². The van der Waals surface area contributed by atoms with Gasteiger partial charge in [0.05, 0.1) is 25.3 Å². The Morgan fingerprint density at radius 2 is 1.93 bits per heavy atom. The number of rotatable bonds is 8. The largest absolute Gasteiger partial charge is 0.493 e. The molecule has 0 N–H and O–H groups in total. The second-order valence-electron chi connectivity index (χ2n) is 7.12. The number of hydrogen-bond donors (Lipinski definition) is 0. The van der Waals surface area contributed by atoms with Gasteiger partial charge in [-0.2, -0.15) is 0 Å². The molecule has 27 heavy (non-hydrogen) atoms. The van der Waals surface area contributed by atoms with Crippen molar-refractivity contribution >= 4 is 16.9 Å². The van der Waals surface area contributed by atoms with Gasteiger partial charge in [-0.3, -0.25) is 14.7 Å². The van der Waals surface area contributed by atoms with Crippen molar-refractivity contribution in [2.45, 2.75) is 13.8 Å². The van der Waals surface area contributed by atoms with Gasteiger partial charge in [0.1, 0.15) is 5.75 Å². The highest BCUT2D eigenvalue weighted by Crippen LogP contribution is 2.24. The molecule has 1 aromatic heterocycles. The van der Waals surface area contributed by atoms with Crippen LogP contribution in [0.25, 0.3) is 10.9 Å². The Morgan fingerprint density at radius 3 is 2.70 bits per heavy atom. The molecule has 0 bridgehead atoms. The number of carbonyl (C=O) groups is 1. The summed E-state index contributed by atoms with van der Waals surface area (Å²) in [4.78, 5) is 20.6. The van der Waals surface area contributed by atoms with Gasteiger partial charge in [-0.1, -0.05) is 13.0 Å². The summed E-state index contributed by atoms with van der Waals surface area (Å²) in [5.41, 5.74) is 0.959. The summed E-state index contributed by atoms with van der Waals surface area (Å²) in [6.45, 7) is 10.3. The Bertz CT molecular complexity index is 739. The van der Waals surface area contributed by atoms with Crippen LogP contribution in [0.4, 0.5) is 0 Å². The third-order valence-corrected chi connectivity index (χ3v) is 4.82. The lowest BCUT2D eigenvalue weighted by Gasteiger charge is -2.35. The zero-order valence-electron chi connectivity index (χ0n) is 16.3. The smallest absolute Gasteiger partial charge is 0.320 e. The van der Waals surface area contributed by atoms with E-state index < -0.39 is 0 Å². The minimum Gasteiger partial charge on any atom is -0.493 e. The van der Waals surface area contributed by atoms with Crippen molar-refractivity contribution < 1.29 is 14.3 Å². The fraction of sp³-hybridized carbons (Fsp3) is 0.524. The molecule has 3 rings (SSSR count). The van der Waals surface area contributed by atoms with Gasteiger partial charge in [-0.05, 0) is 31.2 Å². The fourth-order valence-electron chi connectivity index (χ4n) is 3.45. The van der Waals surface area contributed by atoms with Crippen molar-refractivity contribution in [3.63, 3.8) is 0 Å². The van der Waals surface area contributed by atoms with Gasteiger partial charge in [-0.15, -0.1) is 0 Å². The average molecular weight is 371 g/mol. The molecule has 0 aliphatic carbocycles. The molecule has 0 amide bonds. The van der Waals surface area contributed by atoms with Crippen LogP contribution in [0, 0.1) is 5.92 Å². The molecule has 1 fully saturated rings. The van der Waals surface area contributed by atoms with Gasteiger partial charge in [0.2, 0.25) is 0 Å². The monoisotopic (exact) mass is 371 g/mol. The van der Waals surface area contributed by atoms with Crippen molar-refractivity contribution in [1.82, 2.24) is 14.8 Å². The van der Waals surface area contributed by atoms with E-state index in [0.717, 1.165) is 49.4 Å². The second kappa shape index (κ2) is 9.67. The molecule has 0 spiro atoms. The number of pyridine rings is 1. The predicted molar refractivity (Wildman–Crippen MR) is 106 cm³/mol. The Labute approximate surface area is 161 Å². The molecule has 1 aliphatic rings. The maximum atomic E-state index is 11.6. The number of aromatic nitrogens is 1. The minimum absolute atomic E-state index is 0.128. The van der Waals surface area contributed by atoms with Gasteiger partial charge >= 0.3 is 5.97 Å². The fourth-order valence-corrected chi connectivity index (χ4v) is 3.45. The molecule has 0 saturated carbocycles. The number of ether oxygens (including phenoxy) is 2. The Balaban J connectivity index is 1.42. The van der Waals surface area contributed by atoms with Crippen LogP contribution in [0.3, 0.4) is 0 Å². The molecule has 0 radical (unpaired) electrons. The second-order valence-corrected chi connectivity index (χ2v) is 7.12. The van der Waals surface area contributed by atoms with Crippen LogP contribution in [-0.4, -0.2) is 73.2 Å². The first-order valence-electron chi connectivity index (χ1n) is 9.72. The lowest BCUT2D eigenvalue weighted by Crippen LogP contribution is -2.49. The number of benzene rings is 1. The molecule has 146 valence electrons. The van der Waals surface area contributed by atoms with Gasteiger partial charge in [0, 0.05) is 50.2 Å². The number of hydrogen-bond acceptors (Lipinski definition) is 6. The zero-order chi connectivity index (χ0) is 19.1. The van der Waals surface area contributed by atoms with Crippen LogP contribution < -0.4 is 4.74 Å². The highest BCUT2D eigenvalue weighted by molar-refractivity contribution is 5.84. The van der Waals surface area contributed by atoms with Crippen LogP contribution >= 0.6 is 0 Å². The summed E-state index contributed by atoms with van der Waals surface area (Å²) in [7, 11) is 0. The summed E-state index contributed by atoms with van der Waals surface area (Å²) in [6, 6.07) is 9.98. The molecule has 1 aromatic carbocycles. The molecule has 1 atom stereocenters. The molecule has 2 aromatic rings. The first-order valence-corrected chi connectivity index (χ1v) is 9.72. The highest BCUT2D eigenvalue weighted by atomic mass is 16.5. The van der Waals surface area contributed by atoms with E-state index in [2.05, 4.69) is 21.7 Å². The number of esters is 1. The molecule has 6 heteroatoms. The van der Waals surface area contributed by atoms with E-state index in [1.165, 1.54) is 0 Å². The van der Waals surface area contributed by atoms with Gasteiger partial charge < -0.3 is 14.4 Å². The van der Waals surface area contributed by atoms with E-state index in [1.807, 2.05) is 37.3 Å². The molecule has 1 unspecified atom stereocenters. The van der Waals surface area contributed by atoms with Crippen LogP contribution in [-0.2, 0) is 9.53 Å². The molecular weight excluding hydrogens is 342 g/mol. The Hall–Kier alpha value is -2.18. The standard InChI is InChI=1S/C21H29N3O3/c1-3-26-21(25)15-24-12-10-23(11-13-24)14-17(2)16-27-20-8-4-7-19-18(20)6-5-9-22-19/h4-9,17H,3,10-16H2,1-2H3. The number of carbonyl (C=O) groups excluding carboxylic acids is 1. The number of piperazine rings is 1. The lowest BCUT2D eigenvalue weighted by molar-refractivity contribution is -0.144. The Kier molecular flexibility index (Phi) is 7.01. The van der Waals surface area contributed by atoms with E-state index in [-0.39, 0.29) is 5.97 Å². The third kappa shape index (κ3) is 5.65. The van der Waals surface area contributed by atoms with Gasteiger partial charge in [0.15, 0.2) is 0 Å². The molecule has 6 nitrogen and oxygen atoms in total. The quantitative estimate of drug-likeness (QED) is 0.665.